The van der Waals surface area contributed by atoms with Gasteiger partial charge >= 0.3 is 6.03 Å². The molecule has 0 bridgehead atoms. The Bertz CT molecular complexity index is 974. The molecule has 3 amide bonds. The third kappa shape index (κ3) is 7.85. The molecule has 2 aromatic carbocycles. The van der Waals surface area contributed by atoms with Crippen LogP contribution in [0.15, 0.2) is 41.3 Å². The Morgan fingerprint density at radius 3 is 2.24 bits per heavy atom. The van der Waals surface area contributed by atoms with Crippen molar-refractivity contribution >= 4 is 28.6 Å². The van der Waals surface area contributed by atoms with Crippen LogP contribution in [-0.2, 0) is 27.1 Å². The molecule has 1 unspecified atom stereocenters. The van der Waals surface area contributed by atoms with E-state index < -0.39 is 17.0 Å². The van der Waals surface area contributed by atoms with Gasteiger partial charge in [-0.05, 0) is 54.8 Å². The number of benzene rings is 2. The summed E-state index contributed by atoms with van der Waals surface area (Å²) in [6.07, 6.45) is 0. The summed E-state index contributed by atoms with van der Waals surface area (Å²) >= 11 is 0. The first-order valence-corrected chi connectivity index (χ1v) is 11.5. The van der Waals surface area contributed by atoms with Crippen molar-refractivity contribution in [3.63, 3.8) is 0 Å². The smallest absolute Gasteiger partial charge is 0.316 e. The number of nitrogens with zero attached hydrogens (tertiary/aromatic N) is 2. The molecule has 0 aliphatic rings. The number of hydrogen-bond acceptors (Lipinski definition) is 5. The van der Waals surface area contributed by atoms with Crippen LogP contribution < -0.4 is 15.8 Å². The zero-order chi connectivity index (χ0) is 24.5. The molecule has 0 heterocycles. The van der Waals surface area contributed by atoms with Crippen molar-refractivity contribution in [3.8, 4) is 5.75 Å². The lowest BCUT2D eigenvalue weighted by molar-refractivity contribution is -0.135. The molecule has 10 heteroatoms. The van der Waals surface area contributed by atoms with Crippen molar-refractivity contribution in [1.82, 2.24) is 9.21 Å². The van der Waals surface area contributed by atoms with Crippen LogP contribution in [0.1, 0.15) is 16.7 Å². The SMILES string of the molecule is COc1cc(C)c(S(=O)N(C)CCOCC(=O)N(C)Cc2ccc(NC(N)=O)cc2)c(C)c1. The second kappa shape index (κ2) is 12.3. The maximum Gasteiger partial charge on any atom is 0.316 e. The number of nitrogens with one attached hydrogen (secondary N) is 1. The largest absolute Gasteiger partial charge is 0.497 e. The molecule has 0 aliphatic carbocycles. The van der Waals surface area contributed by atoms with Gasteiger partial charge in [0.25, 0.3) is 0 Å². The van der Waals surface area contributed by atoms with Crippen LogP contribution >= 0.6 is 0 Å². The molecule has 0 spiro atoms. The van der Waals surface area contributed by atoms with Gasteiger partial charge in [0, 0.05) is 32.9 Å². The van der Waals surface area contributed by atoms with Crippen molar-refractivity contribution < 1.29 is 23.3 Å². The van der Waals surface area contributed by atoms with Crippen molar-refractivity contribution in [3.05, 3.63) is 53.1 Å². The number of carbonyl (C=O) groups is 2. The lowest BCUT2D eigenvalue weighted by Gasteiger charge is -2.20. The lowest BCUT2D eigenvalue weighted by atomic mass is 10.1. The molecule has 2 aromatic rings. The number of amides is 3. The number of anilines is 1. The van der Waals surface area contributed by atoms with Gasteiger partial charge in [-0.2, -0.15) is 0 Å². The zero-order valence-electron chi connectivity index (χ0n) is 19.7. The second-order valence-electron chi connectivity index (χ2n) is 7.68. The molecular weight excluding hydrogens is 444 g/mol. The van der Waals surface area contributed by atoms with Crippen LogP contribution in [0.25, 0.3) is 0 Å². The molecule has 3 N–H and O–H groups in total. The van der Waals surface area contributed by atoms with E-state index in [4.69, 9.17) is 15.2 Å². The highest BCUT2D eigenvalue weighted by Gasteiger charge is 2.17. The first-order valence-electron chi connectivity index (χ1n) is 10.4. The topological polar surface area (TPSA) is 114 Å². The van der Waals surface area contributed by atoms with E-state index in [1.807, 2.05) is 38.1 Å². The van der Waals surface area contributed by atoms with Crippen LogP contribution in [0, 0.1) is 13.8 Å². The van der Waals surface area contributed by atoms with Crippen LogP contribution in [-0.4, -0.2) is 66.3 Å². The Hall–Kier alpha value is -2.95. The van der Waals surface area contributed by atoms with Crippen molar-refractivity contribution in [1.29, 1.82) is 0 Å². The Labute approximate surface area is 197 Å². The molecule has 2 rings (SSSR count). The van der Waals surface area contributed by atoms with Crippen molar-refractivity contribution in [2.75, 3.05) is 46.3 Å². The van der Waals surface area contributed by atoms with Crippen LogP contribution in [0.3, 0.4) is 0 Å². The summed E-state index contributed by atoms with van der Waals surface area (Å²) in [6.45, 7) is 4.82. The van der Waals surface area contributed by atoms with Crippen LogP contribution in [0.4, 0.5) is 10.5 Å². The van der Waals surface area contributed by atoms with Crippen molar-refractivity contribution in [2.45, 2.75) is 25.3 Å². The van der Waals surface area contributed by atoms with Gasteiger partial charge in [-0.3, -0.25) is 4.79 Å². The number of ether oxygens (including phenoxy) is 2. The van der Waals surface area contributed by atoms with Gasteiger partial charge in [0.05, 0.1) is 18.6 Å². The van der Waals surface area contributed by atoms with E-state index in [1.165, 1.54) is 0 Å². The summed E-state index contributed by atoms with van der Waals surface area (Å²) in [5.41, 5.74) is 8.37. The van der Waals surface area contributed by atoms with Crippen molar-refractivity contribution in [2.24, 2.45) is 5.73 Å². The molecule has 0 fully saturated rings. The average molecular weight is 477 g/mol. The van der Waals surface area contributed by atoms with Gasteiger partial charge in [-0.15, -0.1) is 0 Å². The maximum atomic E-state index is 12.9. The van der Waals surface area contributed by atoms with E-state index in [0.717, 1.165) is 27.3 Å². The number of urea groups is 1. The van der Waals surface area contributed by atoms with Gasteiger partial charge in [0.1, 0.15) is 23.3 Å². The molecule has 180 valence electrons. The van der Waals surface area contributed by atoms with E-state index in [2.05, 4.69) is 5.32 Å². The fraction of sp³-hybridized carbons (Fsp3) is 0.391. The summed E-state index contributed by atoms with van der Waals surface area (Å²) in [7, 11) is 3.70. The summed E-state index contributed by atoms with van der Waals surface area (Å²) < 4.78 is 25.4. The Morgan fingerprint density at radius 1 is 1.09 bits per heavy atom. The highest BCUT2D eigenvalue weighted by atomic mass is 32.2. The van der Waals surface area contributed by atoms with Gasteiger partial charge in [0.15, 0.2) is 0 Å². The summed E-state index contributed by atoms with van der Waals surface area (Å²) in [5.74, 6) is 0.567. The Kier molecular flexibility index (Phi) is 9.83. The molecule has 1 atom stereocenters. The standard InChI is InChI=1S/C23H32N4O5S/c1-16-12-20(31-5)13-17(2)22(16)33(30)27(4)10-11-32-15-21(28)26(3)14-18-6-8-19(9-7-18)25-23(24)29/h6-9,12-13H,10-11,14-15H2,1-5H3,(H3,24,25,29). The minimum absolute atomic E-state index is 0.0706. The number of rotatable bonds is 11. The van der Waals surface area contributed by atoms with E-state index >= 15 is 0 Å². The third-order valence-electron chi connectivity index (χ3n) is 4.97. The van der Waals surface area contributed by atoms with E-state index in [9.17, 15) is 13.8 Å². The Morgan fingerprint density at radius 2 is 1.70 bits per heavy atom. The number of carbonyl (C=O) groups excluding carboxylic acids is 2. The fourth-order valence-corrected chi connectivity index (χ4v) is 4.42. The van der Waals surface area contributed by atoms with Gasteiger partial charge in [0.2, 0.25) is 5.91 Å². The highest BCUT2D eigenvalue weighted by Crippen LogP contribution is 2.25. The number of nitrogens with two attached hydrogens (primary N) is 1. The van der Waals surface area contributed by atoms with E-state index in [1.54, 1.807) is 42.5 Å². The average Bonchev–Trinajstić information content (AvgIpc) is 2.76. The molecule has 33 heavy (non-hydrogen) atoms. The van der Waals surface area contributed by atoms with E-state index in [0.29, 0.717) is 18.8 Å². The maximum absolute atomic E-state index is 12.9. The molecule has 0 aliphatic heterocycles. The monoisotopic (exact) mass is 476 g/mol. The van der Waals surface area contributed by atoms with Crippen LogP contribution in [0.2, 0.25) is 0 Å². The predicted molar refractivity (Wildman–Crippen MR) is 128 cm³/mol. The third-order valence-corrected chi connectivity index (χ3v) is 6.71. The van der Waals surface area contributed by atoms with Gasteiger partial charge in [-0.25, -0.2) is 13.3 Å². The second-order valence-corrected chi connectivity index (χ2v) is 9.21. The minimum atomic E-state index is -1.35. The molecule has 0 saturated carbocycles. The zero-order valence-corrected chi connectivity index (χ0v) is 20.5. The first-order chi connectivity index (χ1) is 15.6. The molecule has 9 nitrogen and oxygen atoms in total. The molecule has 0 radical (unpaired) electrons. The number of likely N-dealkylation sites (N-methyl/N-ethyl adjacent to an activating group) is 2. The van der Waals surface area contributed by atoms with Crippen LogP contribution in [0.5, 0.6) is 5.75 Å². The first kappa shape index (κ1) is 26.3. The van der Waals surface area contributed by atoms with Gasteiger partial charge < -0.3 is 25.4 Å². The highest BCUT2D eigenvalue weighted by molar-refractivity contribution is 7.82. The van der Waals surface area contributed by atoms with Gasteiger partial charge in [-0.1, -0.05) is 12.1 Å². The Balaban J connectivity index is 1.79. The number of hydrogen-bond donors (Lipinski definition) is 2. The molecular formula is C23H32N4O5S. The number of aryl methyl sites for hydroxylation is 2. The molecule has 0 saturated heterocycles. The minimum Gasteiger partial charge on any atom is -0.497 e. The summed E-state index contributed by atoms with van der Waals surface area (Å²) in [6, 6.07) is 10.2. The number of primary amides is 1. The lowest BCUT2D eigenvalue weighted by Crippen LogP contribution is -2.32. The molecule has 0 aromatic heterocycles. The fourth-order valence-electron chi connectivity index (χ4n) is 3.20. The summed E-state index contributed by atoms with van der Waals surface area (Å²) in [4.78, 5) is 25.5. The number of methoxy groups -OCH3 is 1. The quantitative estimate of drug-likeness (QED) is 0.484. The normalized spacial score (nSPS) is 11.8. The predicted octanol–water partition coefficient (Wildman–Crippen LogP) is 2.43. The summed E-state index contributed by atoms with van der Waals surface area (Å²) in [5, 5.41) is 2.49. The van der Waals surface area contributed by atoms with E-state index in [-0.39, 0.29) is 19.1 Å².